The molecule has 0 unspecified atom stereocenters. The molecular weight excluding hydrogens is 492 g/mol. The molecule has 5 heterocycles. The van der Waals surface area contributed by atoms with Crippen molar-refractivity contribution in [3.05, 3.63) is 24.1 Å². The van der Waals surface area contributed by atoms with Crippen molar-refractivity contribution >= 4 is 34.3 Å². The van der Waals surface area contributed by atoms with E-state index in [1.807, 2.05) is 40.0 Å². The van der Waals surface area contributed by atoms with Gasteiger partial charge in [0.25, 0.3) is 0 Å². The third kappa shape index (κ3) is 4.46. The molecule has 3 aromatic heterocycles. The number of carbonyl (C=O) groups excluding carboxylic acids is 1. The van der Waals surface area contributed by atoms with Crippen molar-refractivity contribution in [3.8, 4) is 10.6 Å². The Labute approximate surface area is 220 Å². The fourth-order valence-corrected chi connectivity index (χ4v) is 6.72. The van der Waals surface area contributed by atoms with Crippen molar-refractivity contribution in [2.45, 2.75) is 77.1 Å². The molecule has 4 atom stereocenters. The van der Waals surface area contributed by atoms with E-state index in [9.17, 15) is 4.79 Å². The highest BCUT2D eigenvalue weighted by molar-refractivity contribution is 7.13. The normalized spacial score (nSPS) is 27.4. The minimum Gasteiger partial charge on any atom is -0.444 e. The van der Waals surface area contributed by atoms with Gasteiger partial charge in [0, 0.05) is 36.4 Å². The van der Waals surface area contributed by atoms with Crippen LogP contribution in [0.2, 0.25) is 0 Å². The standard InChI is InChI=1S/C26H34N6O4S/c1-25(2,3)36-24(33)31-10-14(11-31)8-15-9-17(20-19(15)34-26(4,5)35-20)32-12-16(23-28-6-7-37-23)18-21(27)29-13-30-22(18)32/h6-7,12-15,17,19-20H,8-11H2,1-5H3,(H2,27,29,30)/t15-,17+,19+,20-/m0/s1. The first-order valence-electron chi connectivity index (χ1n) is 12.8. The summed E-state index contributed by atoms with van der Waals surface area (Å²) in [5, 5.41) is 3.66. The molecule has 2 saturated heterocycles. The van der Waals surface area contributed by atoms with Gasteiger partial charge in [-0.2, -0.15) is 0 Å². The summed E-state index contributed by atoms with van der Waals surface area (Å²) in [5.41, 5.74) is 7.57. The van der Waals surface area contributed by atoms with Gasteiger partial charge in [0.2, 0.25) is 0 Å². The number of thiazole rings is 1. The molecule has 6 rings (SSSR count). The van der Waals surface area contributed by atoms with E-state index in [0.29, 0.717) is 30.7 Å². The number of aromatic nitrogens is 4. The summed E-state index contributed by atoms with van der Waals surface area (Å²) in [7, 11) is 0. The first-order chi connectivity index (χ1) is 17.5. The number of hydrogen-bond acceptors (Lipinski definition) is 9. The molecule has 0 spiro atoms. The van der Waals surface area contributed by atoms with Crippen molar-refractivity contribution in [2.75, 3.05) is 18.8 Å². The van der Waals surface area contributed by atoms with Crippen molar-refractivity contribution in [3.63, 3.8) is 0 Å². The largest absolute Gasteiger partial charge is 0.444 e. The second-order valence-electron chi connectivity index (χ2n) is 11.9. The summed E-state index contributed by atoms with van der Waals surface area (Å²) in [6, 6.07) is 0.0318. The van der Waals surface area contributed by atoms with Gasteiger partial charge in [-0.3, -0.25) is 0 Å². The van der Waals surface area contributed by atoms with E-state index in [1.165, 1.54) is 6.33 Å². The number of anilines is 1. The third-order valence-electron chi connectivity index (χ3n) is 7.46. The van der Waals surface area contributed by atoms with Gasteiger partial charge in [-0.1, -0.05) is 0 Å². The molecule has 10 nitrogen and oxygen atoms in total. The first kappa shape index (κ1) is 24.6. The molecule has 0 bridgehead atoms. The lowest BCUT2D eigenvalue weighted by Gasteiger charge is -2.41. The van der Waals surface area contributed by atoms with E-state index in [0.717, 1.165) is 34.4 Å². The zero-order valence-corrected chi connectivity index (χ0v) is 22.7. The Hall–Kier alpha value is -2.76. The fraction of sp³-hybridized carbons (Fsp3) is 0.615. The van der Waals surface area contributed by atoms with E-state index in [4.69, 9.17) is 19.9 Å². The number of rotatable bonds is 4. The van der Waals surface area contributed by atoms with Crippen LogP contribution in [0.5, 0.6) is 0 Å². The Morgan fingerprint density at radius 3 is 2.68 bits per heavy atom. The molecule has 198 valence electrons. The molecule has 1 amide bonds. The van der Waals surface area contributed by atoms with Gasteiger partial charge in [0.15, 0.2) is 5.79 Å². The van der Waals surface area contributed by atoms with Gasteiger partial charge < -0.3 is 29.4 Å². The van der Waals surface area contributed by atoms with Crippen LogP contribution in [0.1, 0.15) is 53.5 Å². The van der Waals surface area contributed by atoms with Crippen LogP contribution in [0, 0.1) is 11.8 Å². The second kappa shape index (κ2) is 8.64. The van der Waals surface area contributed by atoms with Crippen LogP contribution in [0.3, 0.4) is 0 Å². The lowest BCUT2D eigenvalue weighted by atomic mass is 9.87. The highest BCUT2D eigenvalue weighted by Gasteiger charge is 2.55. The monoisotopic (exact) mass is 526 g/mol. The quantitative estimate of drug-likeness (QED) is 0.529. The van der Waals surface area contributed by atoms with Crippen LogP contribution in [0.25, 0.3) is 21.6 Å². The number of amides is 1. The number of carbonyl (C=O) groups is 1. The Balaban J connectivity index is 1.26. The molecule has 11 heteroatoms. The number of hydrogen-bond donors (Lipinski definition) is 1. The fourth-order valence-electron chi connectivity index (χ4n) is 6.06. The zero-order valence-electron chi connectivity index (χ0n) is 21.9. The number of likely N-dealkylation sites (tertiary alicyclic amines) is 1. The van der Waals surface area contributed by atoms with Crippen LogP contribution in [-0.4, -0.2) is 67.2 Å². The minimum atomic E-state index is -0.663. The summed E-state index contributed by atoms with van der Waals surface area (Å²) >= 11 is 1.57. The number of nitrogens with two attached hydrogens (primary N) is 1. The maximum Gasteiger partial charge on any atom is 0.410 e. The minimum absolute atomic E-state index is 0.0318. The van der Waals surface area contributed by atoms with Crippen LogP contribution in [0.4, 0.5) is 10.6 Å². The molecule has 2 aliphatic heterocycles. The number of nitrogen functional groups attached to an aromatic ring is 1. The Kier molecular flexibility index (Phi) is 5.74. The maximum atomic E-state index is 12.4. The van der Waals surface area contributed by atoms with E-state index in [-0.39, 0.29) is 24.3 Å². The predicted octanol–water partition coefficient (Wildman–Crippen LogP) is 4.48. The van der Waals surface area contributed by atoms with Gasteiger partial charge in [0.05, 0.1) is 17.5 Å². The molecule has 0 radical (unpaired) electrons. The summed E-state index contributed by atoms with van der Waals surface area (Å²) in [6.45, 7) is 11.0. The maximum absolute atomic E-state index is 12.4. The van der Waals surface area contributed by atoms with Crippen molar-refractivity contribution in [1.82, 2.24) is 24.4 Å². The van der Waals surface area contributed by atoms with Crippen LogP contribution < -0.4 is 5.73 Å². The zero-order chi connectivity index (χ0) is 26.1. The average Bonchev–Trinajstić information content (AvgIpc) is 3.52. The van der Waals surface area contributed by atoms with Gasteiger partial charge in [-0.25, -0.2) is 19.7 Å². The number of nitrogens with zero attached hydrogens (tertiary/aromatic N) is 5. The highest BCUT2D eigenvalue weighted by atomic mass is 32.1. The Morgan fingerprint density at radius 2 is 1.97 bits per heavy atom. The summed E-state index contributed by atoms with van der Waals surface area (Å²) in [4.78, 5) is 27.6. The SMILES string of the molecule is CC(C)(C)OC(=O)N1CC(C[C@H]2C[C@@H](n3cc(-c4nccs4)c4c(N)ncnc43)[C@@H]3OC(C)(C)O[C@H]23)C1. The Bertz CT molecular complexity index is 1310. The van der Waals surface area contributed by atoms with Crippen LogP contribution in [0.15, 0.2) is 24.1 Å². The topological polar surface area (TPSA) is 118 Å². The van der Waals surface area contributed by atoms with Gasteiger partial charge in [0.1, 0.15) is 34.5 Å². The molecule has 0 aromatic carbocycles. The molecule has 37 heavy (non-hydrogen) atoms. The van der Waals surface area contributed by atoms with Crippen molar-refractivity contribution < 1.29 is 19.0 Å². The molecule has 1 aliphatic carbocycles. The second-order valence-corrected chi connectivity index (χ2v) is 12.8. The lowest BCUT2D eigenvalue weighted by molar-refractivity contribution is -0.161. The lowest BCUT2D eigenvalue weighted by Crippen LogP contribution is -2.52. The smallest absolute Gasteiger partial charge is 0.410 e. The molecule has 3 aliphatic rings. The molecule has 3 aromatic rings. The molecule has 1 saturated carbocycles. The predicted molar refractivity (Wildman–Crippen MR) is 140 cm³/mol. The highest BCUT2D eigenvalue weighted by Crippen LogP contribution is 2.51. The average molecular weight is 527 g/mol. The van der Waals surface area contributed by atoms with Gasteiger partial charge in [-0.05, 0) is 59.3 Å². The molecule has 3 fully saturated rings. The Morgan fingerprint density at radius 1 is 1.22 bits per heavy atom. The number of ether oxygens (including phenoxy) is 3. The summed E-state index contributed by atoms with van der Waals surface area (Å²) in [5.74, 6) is 0.487. The van der Waals surface area contributed by atoms with Gasteiger partial charge >= 0.3 is 6.09 Å². The summed E-state index contributed by atoms with van der Waals surface area (Å²) in [6.07, 6.45) is 6.87. The van der Waals surface area contributed by atoms with E-state index in [1.54, 1.807) is 22.4 Å². The summed E-state index contributed by atoms with van der Waals surface area (Å²) < 4.78 is 20.7. The van der Waals surface area contributed by atoms with Crippen LogP contribution in [-0.2, 0) is 14.2 Å². The first-order valence-corrected chi connectivity index (χ1v) is 13.7. The van der Waals surface area contributed by atoms with Crippen molar-refractivity contribution in [1.29, 1.82) is 0 Å². The van der Waals surface area contributed by atoms with E-state index < -0.39 is 11.4 Å². The molecular formula is C26H34N6O4S. The van der Waals surface area contributed by atoms with E-state index in [2.05, 4.69) is 25.7 Å². The third-order valence-corrected chi connectivity index (χ3v) is 8.26. The van der Waals surface area contributed by atoms with Crippen molar-refractivity contribution in [2.24, 2.45) is 11.8 Å². The molecule has 2 N–H and O–H groups in total. The van der Waals surface area contributed by atoms with E-state index >= 15 is 0 Å². The van der Waals surface area contributed by atoms with Gasteiger partial charge in [-0.15, -0.1) is 11.3 Å². The van der Waals surface area contributed by atoms with Crippen LogP contribution >= 0.6 is 11.3 Å². The number of fused-ring (bicyclic) bond motifs is 2.